The zero-order valence-corrected chi connectivity index (χ0v) is 14.8. The molecule has 4 heteroatoms. The van der Waals surface area contributed by atoms with Crippen LogP contribution < -0.4 is 5.32 Å². The highest BCUT2D eigenvalue weighted by atomic mass is 16.2. The summed E-state index contributed by atoms with van der Waals surface area (Å²) in [4.78, 5) is 26.1. The standard InChI is InChI=1S/C19H34N2O2/c1-2-7-18(22)20-14-17-10-6-13-21(15-17)19(23)12-11-16-8-4-3-5-9-16/h16-17H,2-15H2,1H3,(H,20,22)/t17-/m0/s1. The Kier molecular flexibility index (Phi) is 7.90. The van der Waals surface area contributed by atoms with Gasteiger partial charge in [-0.15, -0.1) is 0 Å². The second-order valence-corrected chi connectivity index (χ2v) is 7.44. The minimum Gasteiger partial charge on any atom is -0.356 e. The van der Waals surface area contributed by atoms with Crippen LogP contribution in [0.1, 0.15) is 77.6 Å². The van der Waals surface area contributed by atoms with Crippen molar-refractivity contribution in [3.8, 4) is 0 Å². The summed E-state index contributed by atoms with van der Waals surface area (Å²) in [5, 5.41) is 3.02. The predicted molar refractivity (Wildman–Crippen MR) is 93.0 cm³/mol. The van der Waals surface area contributed by atoms with E-state index in [1.54, 1.807) is 0 Å². The second-order valence-electron chi connectivity index (χ2n) is 7.44. The van der Waals surface area contributed by atoms with Crippen LogP contribution in [0.5, 0.6) is 0 Å². The number of nitrogens with one attached hydrogen (secondary N) is 1. The van der Waals surface area contributed by atoms with Gasteiger partial charge in [0.05, 0.1) is 0 Å². The molecule has 4 nitrogen and oxygen atoms in total. The van der Waals surface area contributed by atoms with Crippen molar-refractivity contribution in [2.45, 2.75) is 77.6 Å². The summed E-state index contributed by atoms with van der Waals surface area (Å²) in [6.07, 6.45) is 12.2. The summed E-state index contributed by atoms with van der Waals surface area (Å²) in [5.74, 6) is 1.69. The Morgan fingerprint density at radius 2 is 1.74 bits per heavy atom. The molecule has 1 aliphatic carbocycles. The molecule has 1 aliphatic heterocycles. The fourth-order valence-corrected chi connectivity index (χ4v) is 3.99. The number of amides is 2. The molecule has 0 aromatic carbocycles. The maximum Gasteiger partial charge on any atom is 0.222 e. The van der Waals surface area contributed by atoms with Crippen molar-refractivity contribution in [2.75, 3.05) is 19.6 Å². The van der Waals surface area contributed by atoms with Gasteiger partial charge in [0, 0.05) is 32.5 Å². The lowest BCUT2D eigenvalue weighted by Gasteiger charge is -2.33. The van der Waals surface area contributed by atoms with Crippen molar-refractivity contribution in [3.05, 3.63) is 0 Å². The third-order valence-corrected chi connectivity index (χ3v) is 5.43. The Morgan fingerprint density at radius 1 is 1.00 bits per heavy atom. The number of piperidine rings is 1. The third-order valence-electron chi connectivity index (χ3n) is 5.43. The molecule has 0 bridgehead atoms. The summed E-state index contributed by atoms with van der Waals surface area (Å²) < 4.78 is 0. The van der Waals surface area contributed by atoms with E-state index in [0.29, 0.717) is 18.2 Å². The van der Waals surface area contributed by atoms with E-state index < -0.39 is 0 Å². The molecular formula is C19H34N2O2. The Balaban J connectivity index is 1.67. The van der Waals surface area contributed by atoms with Crippen LogP contribution in [0.25, 0.3) is 0 Å². The number of carbonyl (C=O) groups is 2. The Morgan fingerprint density at radius 3 is 2.48 bits per heavy atom. The molecular weight excluding hydrogens is 288 g/mol. The Hall–Kier alpha value is -1.06. The minimum atomic E-state index is 0.147. The monoisotopic (exact) mass is 322 g/mol. The minimum absolute atomic E-state index is 0.147. The molecule has 0 radical (unpaired) electrons. The van der Waals surface area contributed by atoms with Gasteiger partial charge in [0.1, 0.15) is 0 Å². The van der Waals surface area contributed by atoms with Crippen molar-refractivity contribution >= 4 is 11.8 Å². The zero-order valence-electron chi connectivity index (χ0n) is 14.8. The van der Waals surface area contributed by atoms with Crippen molar-refractivity contribution < 1.29 is 9.59 Å². The topological polar surface area (TPSA) is 49.4 Å². The van der Waals surface area contributed by atoms with Crippen LogP contribution in [0.3, 0.4) is 0 Å². The highest BCUT2D eigenvalue weighted by molar-refractivity contribution is 5.76. The number of hydrogen-bond acceptors (Lipinski definition) is 2. The molecule has 1 saturated carbocycles. The molecule has 1 heterocycles. The summed E-state index contributed by atoms with van der Waals surface area (Å²) in [6, 6.07) is 0. The lowest BCUT2D eigenvalue weighted by atomic mass is 9.86. The smallest absolute Gasteiger partial charge is 0.222 e. The van der Waals surface area contributed by atoms with Crippen LogP contribution in [0.2, 0.25) is 0 Å². The summed E-state index contributed by atoms with van der Waals surface area (Å²) in [7, 11) is 0. The molecule has 0 spiro atoms. The number of nitrogens with zero attached hydrogens (tertiary/aromatic N) is 1. The Bertz CT molecular complexity index is 378. The molecule has 132 valence electrons. The van der Waals surface area contributed by atoms with Gasteiger partial charge in [0.25, 0.3) is 0 Å². The molecule has 1 saturated heterocycles. The first-order valence-corrected chi connectivity index (χ1v) is 9.73. The summed E-state index contributed by atoms with van der Waals surface area (Å²) in [5.41, 5.74) is 0. The predicted octanol–water partition coefficient (Wildman–Crippen LogP) is 3.50. The van der Waals surface area contributed by atoms with E-state index in [-0.39, 0.29) is 5.91 Å². The lowest BCUT2D eigenvalue weighted by molar-refractivity contribution is -0.133. The highest BCUT2D eigenvalue weighted by Crippen LogP contribution is 2.28. The van der Waals surface area contributed by atoms with Crippen molar-refractivity contribution in [2.24, 2.45) is 11.8 Å². The fourth-order valence-electron chi connectivity index (χ4n) is 3.99. The first-order chi connectivity index (χ1) is 11.2. The second kappa shape index (κ2) is 9.94. The fraction of sp³-hybridized carbons (Fsp3) is 0.895. The van der Waals surface area contributed by atoms with E-state index >= 15 is 0 Å². The maximum atomic E-state index is 12.5. The van der Waals surface area contributed by atoms with Gasteiger partial charge in [-0.2, -0.15) is 0 Å². The van der Waals surface area contributed by atoms with Gasteiger partial charge in [-0.25, -0.2) is 0 Å². The highest BCUT2D eigenvalue weighted by Gasteiger charge is 2.24. The molecule has 0 aromatic rings. The Labute approximate surface area is 141 Å². The van der Waals surface area contributed by atoms with Crippen LogP contribution >= 0.6 is 0 Å². The van der Waals surface area contributed by atoms with E-state index in [9.17, 15) is 9.59 Å². The van der Waals surface area contributed by atoms with Gasteiger partial charge >= 0.3 is 0 Å². The van der Waals surface area contributed by atoms with E-state index in [2.05, 4.69) is 5.32 Å². The van der Waals surface area contributed by atoms with Crippen LogP contribution in [-0.4, -0.2) is 36.3 Å². The van der Waals surface area contributed by atoms with Crippen molar-refractivity contribution in [3.63, 3.8) is 0 Å². The molecule has 1 atom stereocenters. The number of hydrogen-bond donors (Lipinski definition) is 1. The van der Waals surface area contributed by atoms with E-state index in [4.69, 9.17) is 0 Å². The van der Waals surface area contributed by atoms with Crippen LogP contribution in [0.15, 0.2) is 0 Å². The molecule has 1 N–H and O–H groups in total. The first kappa shape index (κ1) is 18.3. The van der Waals surface area contributed by atoms with Gasteiger partial charge < -0.3 is 10.2 Å². The third kappa shape index (κ3) is 6.52. The molecule has 0 unspecified atom stereocenters. The SMILES string of the molecule is CCCC(=O)NC[C@@H]1CCCN(C(=O)CCC2CCCCC2)C1. The van der Waals surface area contributed by atoms with Crippen molar-refractivity contribution in [1.82, 2.24) is 10.2 Å². The largest absolute Gasteiger partial charge is 0.356 e. The van der Waals surface area contributed by atoms with Crippen LogP contribution in [0, 0.1) is 11.8 Å². The molecule has 2 amide bonds. The van der Waals surface area contributed by atoms with Crippen LogP contribution in [-0.2, 0) is 9.59 Å². The summed E-state index contributed by atoms with van der Waals surface area (Å²) >= 11 is 0. The van der Waals surface area contributed by atoms with E-state index in [1.165, 1.54) is 32.1 Å². The molecule has 2 rings (SSSR count). The molecule has 2 fully saturated rings. The molecule has 2 aliphatic rings. The van der Waals surface area contributed by atoms with Gasteiger partial charge in [0.2, 0.25) is 11.8 Å². The number of likely N-dealkylation sites (tertiary alicyclic amines) is 1. The van der Waals surface area contributed by atoms with Gasteiger partial charge in [-0.05, 0) is 37.5 Å². The average molecular weight is 322 g/mol. The van der Waals surface area contributed by atoms with E-state index in [0.717, 1.165) is 57.7 Å². The number of rotatable bonds is 7. The maximum absolute atomic E-state index is 12.5. The molecule has 23 heavy (non-hydrogen) atoms. The normalized spacial score (nSPS) is 22.8. The van der Waals surface area contributed by atoms with Gasteiger partial charge in [0.15, 0.2) is 0 Å². The van der Waals surface area contributed by atoms with Crippen molar-refractivity contribution in [1.29, 1.82) is 0 Å². The first-order valence-electron chi connectivity index (χ1n) is 9.73. The van der Waals surface area contributed by atoms with Crippen LogP contribution in [0.4, 0.5) is 0 Å². The quantitative estimate of drug-likeness (QED) is 0.780. The lowest BCUT2D eigenvalue weighted by Crippen LogP contribution is -2.43. The zero-order chi connectivity index (χ0) is 16.5. The van der Waals surface area contributed by atoms with E-state index in [1.807, 2.05) is 11.8 Å². The van der Waals surface area contributed by atoms with Gasteiger partial charge in [-0.1, -0.05) is 39.0 Å². The van der Waals surface area contributed by atoms with Gasteiger partial charge in [-0.3, -0.25) is 9.59 Å². The average Bonchev–Trinajstić information content (AvgIpc) is 2.59. The number of carbonyl (C=O) groups excluding carboxylic acids is 2. The summed E-state index contributed by atoms with van der Waals surface area (Å²) in [6.45, 7) is 4.48. The molecule has 0 aromatic heterocycles.